The second-order valence-corrected chi connectivity index (χ2v) is 10.1. The van der Waals surface area contributed by atoms with Crippen molar-refractivity contribution in [2.75, 3.05) is 18.0 Å². The number of benzene rings is 1. The number of fused-ring (bicyclic) bond motifs is 1. The zero-order chi connectivity index (χ0) is 22.1. The number of rotatable bonds is 5. The first-order valence-corrected chi connectivity index (χ1v) is 12.5. The molecule has 6 nitrogen and oxygen atoms in total. The molecule has 5 rings (SSSR count). The van der Waals surface area contributed by atoms with Crippen LogP contribution in [-0.2, 0) is 11.3 Å². The average Bonchev–Trinajstić information content (AvgIpc) is 3.48. The molecule has 164 valence electrons. The monoisotopic (exact) mass is 464 g/mol. The van der Waals surface area contributed by atoms with Gasteiger partial charge in [-0.3, -0.25) is 14.6 Å². The summed E-state index contributed by atoms with van der Waals surface area (Å²) in [5, 5.41) is 7.06. The smallest absolute Gasteiger partial charge is 0.270 e. The molecule has 1 aromatic carbocycles. The molecule has 1 aliphatic heterocycles. The van der Waals surface area contributed by atoms with Crippen LogP contribution in [0.2, 0.25) is 0 Å². The summed E-state index contributed by atoms with van der Waals surface area (Å²) in [4.78, 5) is 36.5. The van der Waals surface area contributed by atoms with E-state index in [-0.39, 0.29) is 17.4 Å². The van der Waals surface area contributed by atoms with E-state index in [2.05, 4.69) is 41.5 Å². The zero-order valence-corrected chi connectivity index (χ0v) is 19.4. The summed E-state index contributed by atoms with van der Waals surface area (Å²) in [5.74, 6) is 0.483. The molecule has 0 radical (unpaired) electrons. The van der Waals surface area contributed by atoms with Crippen LogP contribution in [0, 0.1) is 12.8 Å². The fourth-order valence-corrected chi connectivity index (χ4v) is 5.67. The van der Waals surface area contributed by atoms with Crippen LogP contribution in [0.5, 0.6) is 0 Å². The SMILES string of the molecule is Cc1ccc(-c2csc3c(=O)[nH]c(N4CCC[C@@H](C(=O)NCc5cccs5)C4)nc23)cc1. The Morgan fingerprint density at radius 1 is 1.25 bits per heavy atom. The van der Waals surface area contributed by atoms with Crippen LogP contribution >= 0.6 is 22.7 Å². The van der Waals surface area contributed by atoms with Crippen molar-refractivity contribution in [1.82, 2.24) is 15.3 Å². The standard InChI is InChI=1S/C24H24N4O2S2/c1-15-6-8-16(9-7-15)19-14-32-21-20(19)26-24(27-23(21)30)28-10-2-4-17(13-28)22(29)25-12-18-5-3-11-31-18/h3,5-9,11,14,17H,2,4,10,12-13H2,1H3,(H,25,29)(H,26,27,30)/t17-/m1/s1. The number of thiophene rings is 2. The first-order chi connectivity index (χ1) is 15.6. The third-order valence-electron chi connectivity index (χ3n) is 5.89. The molecule has 4 aromatic rings. The van der Waals surface area contributed by atoms with Gasteiger partial charge in [-0.15, -0.1) is 22.7 Å². The van der Waals surface area contributed by atoms with E-state index < -0.39 is 0 Å². The molecule has 0 spiro atoms. The van der Waals surface area contributed by atoms with E-state index >= 15 is 0 Å². The Bertz CT molecular complexity index is 1290. The average molecular weight is 465 g/mol. The minimum atomic E-state index is -0.127. The predicted molar refractivity (Wildman–Crippen MR) is 132 cm³/mol. The van der Waals surface area contributed by atoms with Gasteiger partial charge in [-0.2, -0.15) is 0 Å². The van der Waals surface area contributed by atoms with E-state index in [1.165, 1.54) is 16.9 Å². The molecule has 2 N–H and O–H groups in total. The molecule has 0 aliphatic carbocycles. The van der Waals surface area contributed by atoms with Crippen molar-refractivity contribution in [3.63, 3.8) is 0 Å². The van der Waals surface area contributed by atoms with Crippen molar-refractivity contribution in [2.24, 2.45) is 5.92 Å². The lowest BCUT2D eigenvalue weighted by atomic mass is 9.97. The van der Waals surface area contributed by atoms with Crippen LogP contribution in [0.25, 0.3) is 21.3 Å². The van der Waals surface area contributed by atoms with Gasteiger partial charge in [0.2, 0.25) is 11.9 Å². The fourth-order valence-electron chi connectivity index (χ4n) is 4.12. The number of amides is 1. The summed E-state index contributed by atoms with van der Waals surface area (Å²) in [6, 6.07) is 12.3. The third-order valence-corrected chi connectivity index (χ3v) is 7.73. The molecular formula is C24H24N4O2S2. The number of hydrogen-bond donors (Lipinski definition) is 2. The van der Waals surface area contributed by atoms with E-state index in [1.54, 1.807) is 11.3 Å². The highest BCUT2D eigenvalue weighted by atomic mass is 32.1. The van der Waals surface area contributed by atoms with Gasteiger partial charge in [0.05, 0.1) is 18.0 Å². The molecule has 1 aliphatic rings. The van der Waals surface area contributed by atoms with Crippen LogP contribution in [0.3, 0.4) is 0 Å². The van der Waals surface area contributed by atoms with Crippen molar-refractivity contribution in [2.45, 2.75) is 26.3 Å². The number of H-pyrrole nitrogens is 1. The van der Waals surface area contributed by atoms with Crippen molar-refractivity contribution in [1.29, 1.82) is 0 Å². The molecule has 0 unspecified atom stereocenters. The van der Waals surface area contributed by atoms with Gasteiger partial charge in [0.1, 0.15) is 4.70 Å². The Morgan fingerprint density at radius 2 is 2.09 bits per heavy atom. The molecule has 3 aromatic heterocycles. The van der Waals surface area contributed by atoms with Gasteiger partial charge in [-0.1, -0.05) is 35.9 Å². The number of anilines is 1. The molecule has 1 atom stereocenters. The minimum absolute atomic E-state index is 0.0578. The van der Waals surface area contributed by atoms with Gasteiger partial charge < -0.3 is 10.2 Å². The van der Waals surface area contributed by atoms with Crippen LogP contribution in [0.1, 0.15) is 23.3 Å². The molecule has 32 heavy (non-hydrogen) atoms. The van der Waals surface area contributed by atoms with Gasteiger partial charge in [-0.05, 0) is 36.8 Å². The Balaban J connectivity index is 1.38. The van der Waals surface area contributed by atoms with Gasteiger partial charge in [0.15, 0.2) is 0 Å². The number of carbonyl (C=O) groups excluding carboxylic acids is 1. The molecule has 1 amide bonds. The molecule has 4 heterocycles. The second kappa shape index (κ2) is 8.88. The van der Waals surface area contributed by atoms with E-state index in [0.717, 1.165) is 40.9 Å². The van der Waals surface area contributed by atoms with Crippen molar-refractivity contribution in [3.8, 4) is 11.1 Å². The van der Waals surface area contributed by atoms with E-state index in [9.17, 15) is 9.59 Å². The zero-order valence-electron chi connectivity index (χ0n) is 17.8. The minimum Gasteiger partial charge on any atom is -0.351 e. The number of nitrogens with zero attached hydrogens (tertiary/aromatic N) is 2. The third kappa shape index (κ3) is 4.20. The van der Waals surface area contributed by atoms with Crippen LogP contribution in [-0.4, -0.2) is 29.0 Å². The molecule has 0 saturated carbocycles. The summed E-state index contributed by atoms with van der Waals surface area (Å²) in [6.07, 6.45) is 1.72. The maximum absolute atomic E-state index is 12.8. The first kappa shape index (κ1) is 20.9. The van der Waals surface area contributed by atoms with Crippen LogP contribution in [0.15, 0.2) is 52.0 Å². The summed E-state index contributed by atoms with van der Waals surface area (Å²) in [6.45, 7) is 3.94. The van der Waals surface area contributed by atoms with Gasteiger partial charge in [-0.25, -0.2) is 4.98 Å². The highest BCUT2D eigenvalue weighted by Crippen LogP contribution is 2.32. The van der Waals surface area contributed by atoms with Crippen molar-refractivity contribution in [3.05, 3.63) is 68.0 Å². The molecule has 8 heteroatoms. The molecule has 1 fully saturated rings. The normalized spacial score (nSPS) is 16.4. The predicted octanol–water partition coefficient (Wildman–Crippen LogP) is 4.55. The summed E-state index contributed by atoms with van der Waals surface area (Å²) in [5.41, 5.74) is 3.81. The van der Waals surface area contributed by atoms with Crippen LogP contribution < -0.4 is 15.8 Å². The first-order valence-electron chi connectivity index (χ1n) is 10.7. The summed E-state index contributed by atoms with van der Waals surface area (Å²) in [7, 11) is 0. The Hall–Kier alpha value is -2.97. The fraction of sp³-hybridized carbons (Fsp3) is 0.292. The number of hydrogen-bond acceptors (Lipinski definition) is 6. The summed E-state index contributed by atoms with van der Waals surface area (Å²) >= 11 is 3.06. The number of carbonyl (C=O) groups is 1. The second-order valence-electron chi connectivity index (χ2n) is 8.17. The molecule has 0 bridgehead atoms. The van der Waals surface area contributed by atoms with E-state index in [0.29, 0.717) is 23.7 Å². The molecular weight excluding hydrogens is 440 g/mol. The topological polar surface area (TPSA) is 78.1 Å². The number of aryl methyl sites for hydroxylation is 1. The largest absolute Gasteiger partial charge is 0.351 e. The van der Waals surface area contributed by atoms with E-state index in [1.807, 2.05) is 27.8 Å². The van der Waals surface area contributed by atoms with E-state index in [4.69, 9.17) is 4.98 Å². The van der Waals surface area contributed by atoms with Crippen LogP contribution in [0.4, 0.5) is 5.95 Å². The maximum Gasteiger partial charge on any atom is 0.270 e. The number of aromatic nitrogens is 2. The highest BCUT2D eigenvalue weighted by molar-refractivity contribution is 7.17. The molecule has 1 saturated heterocycles. The lowest BCUT2D eigenvalue weighted by molar-refractivity contribution is -0.125. The highest BCUT2D eigenvalue weighted by Gasteiger charge is 2.27. The Morgan fingerprint density at radius 3 is 2.88 bits per heavy atom. The number of piperidine rings is 1. The van der Waals surface area contributed by atoms with Gasteiger partial charge in [0, 0.05) is 28.9 Å². The maximum atomic E-state index is 12.8. The van der Waals surface area contributed by atoms with Crippen molar-refractivity contribution < 1.29 is 4.79 Å². The lowest BCUT2D eigenvalue weighted by Crippen LogP contribution is -2.43. The Kier molecular flexibility index (Phi) is 5.80. The quantitative estimate of drug-likeness (QED) is 0.454. The lowest BCUT2D eigenvalue weighted by Gasteiger charge is -2.32. The number of aromatic amines is 1. The number of nitrogens with one attached hydrogen (secondary N) is 2. The van der Waals surface area contributed by atoms with Gasteiger partial charge >= 0.3 is 0 Å². The van der Waals surface area contributed by atoms with Crippen molar-refractivity contribution >= 4 is 44.7 Å². The Labute approximate surface area is 193 Å². The summed E-state index contributed by atoms with van der Waals surface area (Å²) < 4.78 is 0.631. The van der Waals surface area contributed by atoms with Gasteiger partial charge in [0.25, 0.3) is 5.56 Å².